The molecule has 22 heteroatoms. The summed E-state index contributed by atoms with van der Waals surface area (Å²) >= 11 is 0. The molecular weight excluding hydrogens is 777 g/mol. The van der Waals surface area contributed by atoms with E-state index in [1.54, 1.807) is 48.5 Å². The maximum atomic E-state index is 14.4. The quantitative estimate of drug-likeness (QED) is 0.0319. The van der Waals surface area contributed by atoms with Gasteiger partial charge in [0.1, 0.15) is 36.8 Å². The van der Waals surface area contributed by atoms with Gasteiger partial charge in [0.05, 0.1) is 0 Å². The number of benzene rings is 2. The van der Waals surface area contributed by atoms with Crippen LogP contribution < -0.4 is 38.9 Å². The first-order chi connectivity index (χ1) is 26.4. The van der Waals surface area contributed by atoms with Gasteiger partial charge in [-0.15, -0.1) is 0 Å². The van der Waals surface area contributed by atoms with Gasteiger partial charge >= 0.3 is 23.9 Å². The van der Waals surface area contributed by atoms with Crippen molar-refractivity contribution in [2.75, 3.05) is 36.1 Å². The number of rotatable bonds is 25. The van der Waals surface area contributed by atoms with Gasteiger partial charge in [0.25, 0.3) is 0 Å². The zero-order chi connectivity index (χ0) is 42.0. The van der Waals surface area contributed by atoms with Crippen molar-refractivity contribution in [3.05, 3.63) is 59.7 Å². The molecule has 0 saturated carbocycles. The number of nitrogens with two attached hydrogens (primary N) is 4. The van der Waals surface area contributed by atoms with Crippen molar-refractivity contribution in [1.29, 1.82) is 0 Å². The molecule has 0 heterocycles. The highest BCUT2D eigenvalue weighted by atomic mass is 33.1. The van der Waals surface area contributed by atoms with Gasteiger partial charge in [0.15, 0.2) is 0 Å². The van der Waals surface area contributed by atoms with Gasteiger partial charge in [-0.2, -0.15) is 0 Å². The van der Waals surface area contributed by atoms with Crippen LogP contribution in [0.3, 0.4) is 0 Å². The minimum Gasteiger partial charge on any atom is -0.480 e. The molecule has 0 bridgehead atoms. The fourth-order valence-corrected chi connectivity index (χ4v) is 7.75. The van der Waals surface area contributed by atoms with Crippen molar-refractivity contribution in [2.24, 2.45) is 11.5 Å². The smallest absolute Gasteiger partial charge is 0.322 e. The average Bonchev–Trinajstić information content (AvgIpc) is 3.14. The molecule has 0 aromatic heterocycles. The molecule has 2 aromatic rings. The number of amides is 4. The molecular formula is C34H46N8O12S2. The summed E-state index contributed by atoms with van der Waals surface area (Å²) in [6.07, 6.45) is -1.74. The van der Waals surface area contributed by atoms with Gasteiger partial charge in [0, 0.05) is 48.7 Å². The molecule has 0 aliphatic rings. The lowest BCUT2D eigenvalue weighted by Crippen LogP contribution is -2.64. The minimum absolute atomic E-state index is 0.223. The molecule has 306 valence electrons. The van der Waals surface area contributed by atoms with E-state index in [2.05, 4.69) is 16.0 Å². The Morgan fingerprint density at radius 3 is 1.77 bits per heavy atom. The molecule has 15 N–H and O–H groups in total. The maximum Gasteiger partial charge on any atom is 0.322 e. The first kappa shape index (κ1) is 46.6. The van der Waals surface area contributed by atoms with Crippen molar-refractivity contribution in [3.63, 3.8) is 0 Å². The Labute approximate surface area is 328 Å². The number of carboxylic acid groups (broad SMARTS) is 4. The Balaban J connectivity index is 2.63. The molecule has 0 fully saturated rings. The largest absolute Gasteiger partial charge is 0.480 e. The van der Waals surface area contributed by atoms with E-state index in [0.29, 0.717) is 11.1 Å². The number of hydrogen-bond acceptors (Lipinski definition) is 14. The van der Waals surface area contributed by atoms with Crippen LogP contribution in [0, 0.1) is 0 Å². The molecule has 0 aliphatic carbocycles. The number of hydrogen-bond donors (Lipinski definition) is 11. The topological polar surface area (TPSA) is 361 Å². The molecule has 4 atom stereocenters. The third-order valence-electron chi connectivity index (χ3n) is 8.23. The Morgan fingerprint density at radius 2 is 1.23 bits per heavy atom. The van der Waals surface area contributed by atoms with Gasteiger partial charge in [-0.3, -0.25) is 38.4 Å². The van der Waals surface area contributed by atoms with Crippen molar-refractivity contribution in [1.82, 2.24) is 20.9 Å². The molecule has 0 spiro atoms. The number of carbonyl (C=O) groups excluding carboxylic acids is 4. The molecule has 0 saturated heterocycles. The van der Waals surface area contributed by atoms with Crippen molar-refractivity contribution < 1.29 is 58.8 Å². The summed E-state index contributed by atoms with van der Waals surface area (Å²) in [5.41, 5.74) is 23.0. The molecule has 0 aliphatic heterocycles. The summed E-state index contributed by atoms with van der Waals surface area (Å²) in [7, 11) is 1.86. The lowest BCUT2D eigenvalue weighted by molar-refractivity contribution is -0.149. The van der Waals surface area contributed by atoms with Crippen LogP contribution in [0.2, 0.25) is 0 Å². The molecule has 2 rings (SSSR count). The van der Waals surface area contributed by atoms with E-state index >= 15 is 0 Å². The Hall–Kier alpha value is -5.58. The number of anilines is 2. The van der Waals surface area contributed by atoms with E-state index in [0.717, 1.165) is 26.5 Å². The SMILES string of the molecule is Nc1ccccc1CN(C(=O)CC[C@H](N)C(=O)O)[C@](CSSC[C@H](NC(=O)CC[C@H](N)C(=O)O)C(=O)NCC(=O)O)(Cc1ccccc1N)C(=O)NCC(=O)O. The molecule has 4 amide bonds. The molecule has 0 unspecified atom stereocenters. The second-order valence-corrected chi connectivity index (χ2v) is 14.9. The number of nitrogens with zero attached hydrogens (tertiary/aromatic N) is 1. The molecule has 2 aromatic carbocycles. The van der Waals surface area contributed by atoms with Crippen LogP contribution in [-0.4, -0.2) is 121 Å². The van der Waals surface area contributed by atoms with Gasteiger partial charge in [0.2, 0.25) is 23.6 Å². The number of para-hydroxylation sites is 2. The zero-order valence-electron chi connectivity index (χ0n) is 30.0. The second-order valence-electron chi connectivity index (χ2n) is 12.4. The number of nitrogens with one attached hydrogen (secondary N) is 3. The maximum absolute atomic E-state index is 14.4. The highest BCUT2D eigenvalue weighted by molar-refractivity contribution is 8.76. The summed E-state index contributed by atoms with van der Waals surface area (Å²) in [5, 5.41) is 44.0. The summed E-state index contributed by atoms with van der Waals surface area (Å²) in [6.45, 7) is -1.96. The number of carboxylic acids is 4. The minimum atomic E-state index is -1.99. The third-order valence-corrected chi connectivity index (χ3v) is 10.7. The normalized spacial score (nSPS) is 13.5. The van der Waals surface area contributed by atoms with E-state index in [1.165, 1.54) is 0 Å². The van der Waals surface area contributed by atoms with Crippen LogP contribution in [0.1, 0.15) is 36.8 Å². The summed E-state index contributed by atoms with van der Waals surface area (Å²) < 4.78 is 0. The first-order valence-electron chi connectivity index (χ1n) is 16.8. The zero-order valence-corrected chi connectivity index (χ0v) is 31.7. The third kappa shape index (κ3) is 14.9. The van der Waals surface area contributed by atoms with E-state index in [4.69, 9.17) is 33.1 Å². The predicted octanol–water partition coefficient (Wildman–Crippen LogP) is -1.19. The monoisotopic (exact) mass is 822 g/mol. The standard InChI is InChI=1S/C34H46N8O12S2/c35-21-7-3-1-5-19(21)13-34(33(54)40-15-29(47)48,42(16-20-6-2-4-8-22(20)36)27(44)12-10-24(38)32(52)53)18-56-55-17-25(30(49)39-14-28(45)46)41-26(43)11-9-23(37)31(50)51/h1-8,23-25H,9-18,35-38H2,(H,39,49)(H,40,54)(H,41,43)(H,45,46)(H,47,48)(H,50,51)(H,52,53)/t23-,24-,25-,34-/m0/s1. The average molecular weight is 823 g/mol. The van der Waals surface area contributed by atoms with Gasteiger partial charge in [-0.05, 0) is 36.1 Å². The van der Waals surface area contributed by atoms with Crippen LogP contribution in [0.4, 0.5) is 11.4 Å². The van der Waals surface area contributed by atoms with Crippen molar-refractivity contribution >= 4 is 80.5 Å². The highest BCUT2D eigenvalue weighted by Crippen LogP contribution is 2.36. The van der Waals surface area contributed by atoms with Crippen molar-refractivity contribution in [2.45, 2.75) is 62.3 Å². The lowest BCUT2D eigenvalue weighted by Gasteiger charge is -2.43. The number of carbonyl (C=O) groups is 8. The van der Waals surface area contributed by atoms with E-state index < -0.39 is 90.7 Å². The van der Waals surface area contributed by atoms with Crippen LogP contribution >= 0.6 is 21.6 Å². The molecule has 0 radical (unpaired) electrons. The van der Waals surface area contributed by atoms with Crippen LogP contribution in [0.15, 0.2) is 48.5 Å². The van der Waals surface area contributed by atoms with Crippen LogP contribution in [-0.2, 0) is 51.3 Å². The Kier molecular flexibility index (Phi) is 18.9. The fraction of sp³-hybridized carbons (Fsp3) is 0.412. The first-order valence-corrected chi connectivity index (χ1v) is 19.3. The van der Waals surface area contributed by atoms with Gasteiger partial charge in [-0.1, -0.05) is 58.0 Å². The molecule has 56 heavy (non-hydrogen) atoms. The fourth-order valence-electron chi connectivity index (χ4n) is 5.09. The lowest BCUT2D eigenvalue weighted by atomic mass is 9.87. The van der Waals surface area contributed by atoms with Crippen LogP contribution in [0.25, 0.3) is 0 Å². The van der Waals surface area contributed by atoms with Crippen LogP contribution in [0.5, 0.6) is 0 Å². The van der Waals surface area contributed by atoms with E-state index in [-0.39, 0.29) is 55.1 Å². The van der Waals surface area contributed by atoms with Crippen molar-refractivity contribution in [3.8, 4) is 0 Å². The summed E-state index contributed by atoms with van der Waals surface area (Å²) in [4.78, 5) is 101. The number of nitrogen functional groups attached to an aromatic ring is 2. The highest BCUT2D eigenvalue weighted by Gasteiger charge is 2.47. The Bertz CT molecular complexity index is 1750. The number of aliphatic carboxylic acids is 4. The van der Waals surface area contributed by atoms with E-state index in [9.17, 15) is 48.6 Å². The summed E-state index contributed by atoms with van der Waals surface area (Å²) in [6, 6.07) is 8.68. The van der Waals surface area contributed by atoms with Gasteiger partial charge in [-0.25, -0.2) is 0 Å². The van der Waals surface area contributed by atoms with Gasteiger partial charge < -0.3 is 64.2 Å². The second kappa shape index (κ2) is 22.7. The predicted molar refractivity (Wildman–Crippen MR) is 207 cm³/mol. The van der Waals surface area contributed by atoms with E-state index in [1.807, 2.05) is 0 Å². The summed E-state index contributed by atoms with van der Waals surface area (Å²) in [5.74, 6) is -9.40. The molecule has 20 nitrogen and oxygen atoms in total. The Morgan fingerprint density at radius 1 is 0.714 bits per heavy atom.